The molecule has 0 aromatic heterocycles. The fourth-order valence-corrected chi connectivity index (χ4v) is 2.05. The fourth-order valence-electron chi connectivity index (χ4n) is 2.05. The molecule has 0 aliphatic rings. The van der Waals surface area contributed by atoms with Crippen LogP contribution >= 0.6 is 0 Å². The van der Waals surface area contributed by atoms with Crippen molar-refractivity contribution in [2.75, 3.05) is 25.0 Å². The minimum atomic E-state index is 0.578. The van der Waals surface area contributed by atoms with Crippen molar-refractivity contribution in [3.05, 3.63) is 29.8 Å². The van der Waals surface area contributed by atoms with Crippen molar-refractivity contribution >= 4 is 5.69 Å². The van der Waals surface area contributed by atoms with E-state index >= 15 is 0 Å². The highest BCUT2D eigenvalue weighted by Crippen LogP contribution is 2.18. The molecule has 0 aliphatic carbocycles. The van der Waals surface area contributed by atoms with Crippen LogP contribution in [0.15, 0.2) is 24.3 Å². The lowest BCUT2D eigenvalue weighted by Gasteiger charge is -2.26. The quantitative estimate of drug-likeness (QED) is 0.793. The maximum Gasteiger partial charge on any atom is 0.0393 e. The number of nitrogens with zero attached hydrogens (tertiary/aromatic N) is 1. The Morgan fingerprint density at radius 1 is 1.25 bits per heavy atom. The van der Waals surface area contributed by atoms with Crippen molar-refractivity contribution in [3.63, 3.8) is 0 Å². The number of hydrogen-bond acceptors (Lipinski definition) is 2. The lowest BCUT2D eigenvalue weighted by molar-refractivity contribution is 0.512. The van der Waals surface area contributed by atoms with Gasteiger partial charge in [-0.1, -0.05) is 32.0 Å². The van der Waals surface area contributed by atoms with Gasteiger partial charge in [-0.2, -0.15) is 0 Å². The second-order valence-electron chi connectivity index (χ2n) is 4.33. The number of rotatable bonds is 6. The average molecular weight is 220 g/mol. The SMILES string of the molecule is CCNC(CC)CN(C)c1ccccc1C. The summed E-state index contributed by atoms with van der Waals surface area (Å²) < 4.78 is 0. The molecule has 90 valence electrons. The maximum absolute atomic E-state index is 3.51. The van der Waals surface area contributed by atoms with E-state index < -0.39 is 0 Å². The van der Waals surface area contributed by atoms with Gasteiger partial charge in [0, 0.05) is 25.3 Å². The summed E-state index contributed by atoms with van der Waals surface area (Å²) in [6, 6.07) is 9.13. The van der Waals surface area contributed by atoms with Crippen LogP contribution in [0, 0.1) is 6.92 Å². The molecule has 1 aromatic carbocycles. The van der Waals surface area contributed by atoms with Crippen molar-refractivity contribution in [2.45, 2.75) is 33.2 Å². The molecule has 0 radical (unpaired) electrons. The first-order chi connectivity index (χ1) is 7.69. The molecule has 1 atom stereocenters. The van der Waals surface area contributed by atoms with E-state index in [1.807, 2.05) is 0 Å². The summed E-state index contributed by atoms with van der Waals surface area (Å²) in [7, 11) is 2.17. The van der Waals surface area contributed by atoms with Gasteiger partial charge >= 0.3 is 0 Å². The lowest BCUT2D eigenvalue weighted by Crippen LogP contribution is -2.39. The minimum absolute atomic E-state index is 0.578. The van der Waals surface area contributed by atoms with Gasteiger partial charge < -0.3 is 10.2 Å². The van der Waals surface area contributed by atoms with Crippen LogP contribution in [0.25, 0.3) is 0 Å². The number of nitrogens with one attached hydrogen (secondary N) is 1. The summed E-state index contributed by atoms with van der Waals surface area (Å²) in [6.45, 7) is 8.67. The van der Waals surface area contributed by atoms with Crippen molar-refractivity contribution in [1.82, 2.24) is 5.32 Å². The third-order valence-electron chi connectivity index (χ3n) is 3.01. The Balaban J connectivity index is 2.64. The van der Waals surface area contributed by atoms with Gasteiger partial charge in [-0.15, -0.1) is 0 Å². The van der Waals surface area contributed by atoms with Crippen LogP contribution in [0.1, 0.15) is 25.8 Å². The highest BCUT2D eigenvalue weighted by molar-refractivity contribution is 5.52. The predicted octanol–water partition coefficient (Wildman–Crippen LogP) is 2.82. The zero-order chi connectivity index (χ0) is 12.0. The highest BCUT2D eigenvalue weighted by atomic mass is 15.1. The Morgan fingerprint density at radius 2 is 1.94 bits per heavy atom. The van der Waals surface area contributed by atoms with Gasteiger partial charge in [0.2, 0.25) is 0 Å². The van der Waals surface area contributed by atoms with E-state index in [0.717, 1.165) is 13.1 Å². The van der Waals surface area contributed by atoms with Crippen molar-refractivity contribution in [3.8, 4) is 0 Å². The van der Waals surface area contributed by atoms with Crippen molar-refractivity contribution < 1.29 is 0 Å². The molecule has 1 unspecified atom stereocenters. The first-order valence-electron chi connectivity index (χ1n) is 6.19. The van der Waals surface area contributed by atoms with E-state index in [1.54, 1.807) is 0 Å². The van der Waals surface area contributed by atoms with E-state index in [4.69, 9.17) is 0 Å². The van der Waals surface area contributed by atoms with Gasteiger partial charge in [0.25, 0.3) is 0 Å². The Hall–Kier alpha value is -1.02. The molecule has 0 aliphatic heterocycles. The summed E-state index contributed by atoms with van der Waals surface area (Å²) in [5.41, 5.74) is 2.68. The topological polar surface area (TPSA) is 15.3 Å². The smallest absolute Gasteiger partial charge is 0.0393 e. The summed E-state index contributed by atoms with van der Waals surface area (Å²) in [5, 5.41) is 3.51. The van der Waals surface area contributed by atoms with Crippen LogP contribution in [0.2, 0.25) is 0 Å². The Kier molecular flexibility index (Phi) is 5.33. The van der Waals surface area contributed by atoms with Crippen LogP contribution in [-0.4, -0.2) is 26.2 Å². The summed E-state index contributed by atoms with van der Waals surface area (Å²) >= 11 is 0. The number of hydrogen-bond donors (Lipinski definition) is 1. The zero-order valence-corrected chi connectivity index (χ0v) is 11.0. The number of benzene rings is 1. The van der Waals surface area contributed by atoms with Crippen molar-refractivity contribution in [2.24, 2.45) is 0 Å². The maximum atomic E-state index is 3.51. The molecule has 1 rings (SSSR count). The lowest BCUT2D eigenvalue weighted by atomic mass is 10.1. The molecule has 1 N–H and O–H groups in total. The summed E-state index contributed by atoms with van der Waals surface area (Å²) in [4.78, 5) is 2.34. The van der Waals surface area contributed by atoms with Gasteiger partial charge in [-0.3, -0.25) is 0 Å². The molecule has 0 amide bonds. The van der Waals surface area contributed by atoms with Crippen LogP contribution in [0.3, 0.4) is 0 Å². The second kappa shape index (κ2) is 6.54. The normalized spacial score (nSPS) is 12.5. The minimum Gasteiger partial charge on any atom is -0.373 e. The summed E-state index contributed by atoms with van der Waals surface area (Å²) in [6.07, 6.45) is 1.17. The third kappa shape index (κ3) is 3.53. The zero-order valence-electron chi connectivity index (χ0n) is 11.0. The number of para-hydroxylation sites is 1. The third-order valence-corrected chi connectivity index (χ3v) is 3.01. The Bertz CT molecular complexity index is 309. The Morgan fingerprint density at radius 3 is 2.50 bits per heavy atom. The van der Waals surface area contributed by atoms with Gasteiger partial charge in [0.15, 0.2) is 0 Å². The second-order valence-corrected chi connectivity index (χ2v) is 4.33. The van der Waals surface area contributed by atoms with Crippen molar-refractivity contribution in [1.29, 1.82) is 0 Å². The van der Waals surface area contributed by atoms with Gasteiger partial charge in [0.05, 0.1) is 0 Å². The average Bonchev–Trinajstić information content (AvgIpc) is 2.28. The van der Waals surface area contributed by atoms with E-state index in [-0.39, 0.29) is 0 Å². The summed E-state index contributed by atoms with van der Waals surface area (Å²) in [5.74, 6) is 0. The van der Waals surface area contributed by atoms with E-state index in [2.05, 4.69) is 62.3 Å². The molecular weight excluding hydrogens is 196 g/mol. The standard InChI is InChI=1S/C14H24N2/c1-5-13(15-6-2)11-16(4)14-10-8-7-9-12(14)3/h7-10,13,15H,5-6,11H2,1-4H3. The van der Waals surface area contributed by atoms with Gasteiger partial charge in [-0.05, 0) is 31.5 Å². The number of likely N-dealkylation sites (N-methyl/N-ethyl adjacent to an activating group) is 2. The predicted molar refractivity (Wildman–Crippen MR) is 72.2 cm³/mol. The molecule has 0 bridgehead atoms. The van der Waals surface area contributed by atoms with Crippen LogP contribution < -0.4 is 10.2 Å². The van der Waals surface area contributed by atoms with Crippen LogP contribution in [0.4, 0.5) is 5.69 Å². The van der Waals surface area contributed by atoms with E-state index in [1.165, 1.54) is 17.7 Å². The van der Waals surface area contributed by atoms with E-state index in [0.29, 0.717) is 6.04 Å². The first-order valence-corrected chi connectivity index (χ1v) is 6.19. The van der Waals surface area contributed by atoms with Crippen LogP contribution in [-0.2, 0) is 0 Å². The fraction of sp³-hybridized carbons (Fsp3) is 0.571. The molecule has 2 heteroatoms. The van der Waals surface area contributed by atoms with Gasteiger partial charge in [-0.25, -0.2) is 0 Å². The molecule has 0 saturated heterocycles. The molecule has 16 heavy (non-hydrogen) atoms. The molecule has 0 heterocycles. The van der Waals surface area contributed by atoms with E-state index in [9.17, 15) is 0 Å². The molecule has 0 fully saturated rings. The number of aryl methyl sites for hydroxylation is 1. The highest BCUT2D eigenvalue weighted by Gasteiger charge is 2.09. The largest absolute Gasteiger partial charge is 0.373 e. The molecule has 0 spiro atoms. The van der Waals surface area contributed by atoms with Gasteiger partial charge in [0.1, 0.15) is 0 Å². The first kappa shape index (κ1) is 13.0. The molecule has 1 aromatic rings. The monoisotopic (exact) mass is 220 g/mol. The molecule has 0 saturated carbocycles. The Labute approximate surface area is 99.7 Å². The van der Waals surface area contributed by atoms with Crippen LogP contribution in [0.5, 0.6) is 0 Å². The number of anilines is 1. The molecular formula is C14H24N2. The molecule has 2 nitrogen and oxygen atoms in total.